The molecule has 0 atom stereocenters. The maximum atomic E-state index is 12.5. The monoisotopic (exact) mass is 380 g/mol. The maximum absolute atomic E-state index is 12.5. The topological polar surface area (TPSA) is 66.5 Å². The Balaban J connectivity index is 2.06. The highest BCUT2D eigenvalue weighted by molar-refractivity contribution is 7.92. The number of nitrogens with zero attached hydrogens (tertiary/aromatic N) is 1. The standard InChI is InChI=1S/C20H32N2O3S/c1-16(2)17-11-13-19(14-12-17)22(26(3,24)25)15-20(23)21-18-9-7-5-4-6-8-10-18/h11-14,16,18H,4-10,15H2,1-3H3,(H,21,23). The lowest BCUT2D eigenvalue weighted by atomic mass is 9.97. The fourth-order valence-corrected chi connectivity index (χ4v) is 4.29. The van der Waals surface area contributed by atoms with Crippen LogP contribution in [0.15, 0.2) is 24.3 Å². The SMILES string of the molecule is CC(C)c1ccc(N(CC(=O)NC2CCCCCCC2)S(C)(=O)=O)cc1. The zero-order valence-electron chi connectivity index (χ0n) is 16.2. The first-order valence-corrected chi connectivity index (χ1v) is 11.5. The van der Waals surface area contributed by atoms with Crippen LogP contribution >= 0.6 is 0 Å². The second-order valence-corrected chi connectivity index (χ2v) is 9.53. The molecular weight excluding hydrogens is 348 g/mol. The van der Waals surface area contributed by atoms with Gasteiger partial charge in [-0.2, -0.15) is 0 Å². The molecule has 1 aromatic carbocycles. The van der Waals surface area contributed by atoms with Gasteiger partial charge in [0.25, 0.3) is 0 Å². The Morgan fingerprint density at radius 2 is 1.62 bits per heavy atom. The van der Waals surface area contributed by atoms with Crippen molar-refractivity contribution in [2.45, 2.75) is 70.8 Å². The lowest BCUT2D eigenvalue weighted by Gasteiger charge is -2.25. The number of hydrogen-bond acceptors (Lipinski definition) is 3. The largest absolute Gasteiger partial charge is 0.352 e. The van der Waals surface area contributed by atoms with Crippen LogP contribution in [0.25, 0.3) is 0 Å². The summed E-state index contributed by atoms with van der Waals surface area (Å²) in [7, 11) is -3.53. The second kappa shape index (κ2) is 9.40. The van der Waals surface area contributed by atoms with Crippen molar-refractivity contribution in [1.29, 1.82) is 0 Å². The van der Waals surface area contributed by atoms with Crippen LogP contribution in [-0.2, 0) is 14.8 Å². The Morgan fingerprint density at radius 1 is 1.08 bits per heavy atom. The summed E-state index contributed by atoms with van der Waals surface area (Å²) in [6.45, 7) is 4.01. The number of benzene rings is 1. The van der Waals surface area contributed by atoms with Gasteiger partial charge in [-0.3, -0.25) is 9.10 Å². The van der Waals surface area contributed by atoms with Crippen molar-refractivity contribution in [3.05, 3.63) is 29.8 Å². The van der Waals surface area contributed by atoms with Crippen LogP contribution in [0.5, 0.6) is 0 Å². The molecule has 0 bridgehead atoms. The predicted octanol–water partition coefficient (Wildman–Crippen LogP) is 3.81. The Labute approximate surface area is 158 Å². The molecule has 1 saturated carbocycles. The van der Waals surface area contributed by atoms with Gasteiger partial charge < -0.3 is 5.32 Å². The summed E-state index contributed by atoms with van der Waals surface area (Å²) in [6, 6.07) is 7.56. The highest BCUT2D eigenvalue weighted by Crippen LogP contribution is 2.22. The van der Waals surface area contributed by atoms with Crippen LogP contribution < -0.4 is 9.62 Å². The van der Waals surface area contributed by atoms with E-state index in [-0.39, 0.29) is 18.5 Å². The summed E-state index contributed by atoms with van der Waals surface area (Å²) in [5, 5.41) is 3.04. The molecule has 0 aromatic heterocycles. The van der Waals surface area contributed by atoms with E-state index in [1.165, 1.54) is 23.6 Å². The van der Waals surface area contributed by atoms with Gasteiger partial charge in [-0.05, 0) is 36.5 Å². The van der Waals surface area contributed by atoms with E-state index in [2.05, 4.69) is 19.2 Å². The minimum absolute atomic E-state index is 0.160. The number of amides is 1. The molecule has 0 saturated heterocycles. The molecule has 2 rings (SSSR count). The maximum Gasteiger partial charge on any atom is 0.240 e. The van der Waals surface area contributed by atoms with Crippen LogP contribution in [0.2, 0.25) is 0 Å². The third kappa shape index (κ3) is 6.31. The number of hydrogen-bond donors (Lipinski definition) is 1. The quantitative estimate of drug-likeness (QED) is 0.816. The minimum atomic E-state index is -3.53. The molecule has 1 aliphatic carbocycles. The predicted molar refractivity (Wildman–Crippen MR) is 107 cm³/mol. The number of nitrogens with one attached hydrogen (secondary N) is 1. The molecule has 0 spiro atoms. The van der Waals surface area contributed by atoms with Crippen molar-refractivity contribution in [2.24, 2.45) is 0 Å². The molecule has 0 aliphatic heterocycles. The summed E-state index contributed by atoms with van der Waals surface area (Å²) < 4.78 is 25.6. The average molecular weight is 381 g/mol. The molecular formula is C20H32N2O3S. The van der Waals surface area contributed by atoms with Gasteiger partial charge in [0.1, 0.15) is 6.54 Å². The highest BCUT2D eigenvalue weighted by Gasteiger charge is 2.22. The van der Waals surface area contributed by atoms with Gasteiger partial charge in [0.15, 0.2) is 0 Å². The Bertz CT molecular complexity index is 676. The minimum Gasteiger partial charge on any atom is -0.352 e. The first-order chi connectivity index (χ1) is 12.3. The molecule has 1 amide bonds. The fourth-order valence-electron chi connectivity index (χ4n) is 3.43. The van der Waals surface area contributed by atoms with Gasteiger partial charge in [-0.15, -0.1) is 0 Å². The highest BCUT2D eigenvalue weighted by atomic mass is 32.2. The zero-order valence-corrected chi connectivity index (χ0v) is 17.0. The average Bonchev–Trinajstić information content (AvgIpc) is 2.54. The van der Waals surface area contributed by atoms with E-state index in [1.807, 2.05) is 12.1 Å². The molecule has 5 nitrogen and oxygen atoms in total. The molecule has 0 heterocycles. The number of rotatable bonds is 6. The Kier molecular flexibility index (Phi) is 7.50. The number of carbonyl (C=O) groups is 1. The Hall–Kier alpha value is -1.56. The molecule has 6 heteroatoms. The fraction of sp³-hybridized carbons (Fsp3) is 0.650. The van der Waals surface area contributed by atoms with E-state index in [4.69, 9.17) is 0 Å². The van der Waals surface area contributed by atoms with Crippen LogP contribution in [-0.4, -0.2) is 33.2 Å². The van der Waals surface area contributed by atoms with Crippen molar-refractivity contribution in [2.75, 3.05) is 17.1 Å². The number of carbonyl (C=O) groups excluding carboxylic acids is 1. The van der Waals surface area contributed by atoms with E-state index < -0.39 is 10.0 Å². The van der Waals surface area contributed by atoms with E-state index in [0.29, 0.717) is 11.6 Å². The molecule has 146 valence electrons. The van der Waals surface area contributed by atoms with Crippen molar-refractivity contribution in [3.8, 4) is 0 Å². The summed E-state index contributed by atoms with van der Waals surface area (Å²) >= 11 is 0. The van der Waals surface area contributed by atoms with Gasteiger partial charge in [0, 0.05) is 6.04 Å². The third-order valence-electron chi connectivity index (χ3n) is 5.01. The lowest BCUT2D eigenvalue weighted by Crippen LogP contribution is -2.44. The van der Waals surface area contributed by atoms with Crippen molar-refractivity contribution in [1.82, 2.24) is 5.32 Å². The molecule has 0 radical (unpaired) electrons. The summed E-state index contributed by atoms with van der Waals surface area (Å²) in [4.78, 5) is 12.5. The Morgan fingerprint density at radius 3 is 2.12 bits per heavy atom. The number of sulfonamides is 1. The van der Waals surface area contributed by atoms with Crippen LogP contribution in [0.3, 0.4) is 0 Å². The molecule has 1 aliphatic rings. The molecule has 1 fully saturated rings. The molecule has 26 heavy (non-hydrogen) atoms. The summed E-state index contributed by atoms with van der Waals surface area (Å²) in [5.74, 6) is 0.146. The molecule has 1 aromatic rings. The zero-order chi connectivity index (χ0) is 19.2. The van der Waals surface area contributed by atoms with Gasteiger partial charge in [0.2, 0.25) is 15.9 Å². The van der Waals surface area contributed by atoms with Gasteiger partial charge >= 0.3 is 0 Å². The van der Waals surface area contributed by atoms with Crippen LogP contribution in [0, 0.1) is 0 Å². The first kappa shape index (κ1) is 20.7. The smallest absolute Gasteiger partial charge is 0.240 e. The van der Waals surface area contributed by atoms with Crippen LogP contribution in [0.4, 0.5) is 5.69 Å². The van der Waals surface area contributed by atoms with Crippen molar-refractivity contribution < 1.29 is 13.2 Å². The van der Waals surface area contributed by atoms with E-state index in [9.17, 15) is 13.2 Å². The van der Waals surface area contributed by atoms with E-state index in [1.54, 1.807) is 12.1 Å². The van der Waals surface area contributed by atoms with E-state index >= 15 is 0 Å². The second-order valence-electron chi connectivity index (χ2n) is 7.63. The summed E-state index contributed by atoms with van der Waals surface area (Å²) in [5.41, 5.74) is 1.67. The first-order valence-electron chi connectivity index (χ1n) is 9.64. The van der Waals surface area contributed by atoms with E-state index in [0.717, 1.165) is 37.5 Å². The number of anilines is 1. The molecule has 1 N–H and O–H groups in total. The van der Waals surface area contributed by atoms with Gasteiger partial charge in [-0.25, -0.2) is 8.42 Å². The molecule has 0 unspecified atom stereocenters. The van der Waals surface area contributed by atoms with Gasteiger partial charge in [0.05, 0.1) is 11.9 Å². The lowest BCUT2D eigenvalue weighted by molar-refractivity contribution is -0.120. The van der Waals surface area contributed by atoms with Crippen molar-refractivity contribution in [3.63, 3.8) is 0 Å². The normalized spacial score (nSPS) is 16.8. The van der Waals surface area contributed by atoms with Crippen LogP contribution in [0.1, 0.15) is 70.3 Å². The summed E-state index contributed by atoms with van der Waals surface area (Å²) in [6.07, 6.45) is 9.05. The van der Waals surface area contributed by atoms with Gasteiger partial charge in [-0.1, -0.05) is 58.1 Å². The third-order valence-corrected chi connectivity index (χ3v) is 6.15. The van der Waals surface area contributed by atoms with Crippen molar-refractivity contribution >= 4 is 21.6 Å².